The fourth-order valence-corrected chi connectivity index (χ4v) is 3.91. The molecule has 0 bridgehead atoms. The van der Waals surface area contributed by atoms with Crippen LogP contribution in [-0.2, 0) is 10.3 Å². The molecule has 160 valence electrons. The van der Waals surface area contributed by atoms with E-state index in [-0.39, 0.29) is 19.0 Å². The van der Waals surface area contributed by atoms with Crippen LogP contribution < -0.4 is 10.5 Å². The number of aliphatic imine (C=N–C) groups is 1. The van der Waals surface area contributed by atoms with Crippen molar-refractivity contribution in [2.24, 2.45) is 10.7 Å². The largest absolute Gasteiger partial charge is 0.435 e. The van der Waals surface area contributed by atoms with Crippen molar-refractivity contribution in [3.8, 4) is 16.9 Å². The van der Waals surface area contributed by atoms with Crippen LogP contribution in [0.3, 0.4) is 0 Å². The minimum atomic E-state index is -2.90. The van der Waals surface area contributed by atoms with Crippen molar-refractivity contribution in [1.29, 1.82) is 0 Å². The van der Waals surface area contributed by atoms with Crippen molar-refractivity contribution >= 4 is 17.4 Å². The Kier molecular flexibility index (Phi) is 5.89. The predicted octanol–water partition coefficient (Wildman–Crippen LogP) is 4.94. The van der Waals surface area contributed by atoms with Crippen LogP contribution in [0.15, 0.2) is 65.9 Å². The molecule has 0 saturated heterocycles. The van der Waals surface area contributed by atoms with E-state index in [1.54, 1.807) is 31.5 Å². The Morgan fingerprint density at radius 3 is 2.61 bits per heavy atom. The van der Waals surface area contributed by atoms with E-state index in [0.717, 1.165) is 22.3 Å². The standard InChI is InChI=1S/C23H20ClF2N3O2/c1-14-7-18(5-6-20(14)31-22(25)26)23(13-30-12-21(27)29-23)17-4-2-3-15(8-17)16-9-19(24)11-28-10-16/h2-11,22H,12-13H2,1H3,(H2,27,29). The van der Waals surface area contributed by atoms with Gasteiger partial charge >= 0.3 is 6.61 Å². The number of ether oxygens (including phenoxy) is 2. The number of alkyl halides is 2. The molecule has 1 aliphatic heterocycles. The summed E-state index contributed by atoms with van der Waals surface area (Å²) in [4.78, 5) is 8.93. The molecule has 3 aromatic rings. The molecule has 0 radical (unpaired) electrons. The lowest BCUT2D eigenvalue weighted by molar-refractivity contribution is -0.0503. The summed E-state index contributed by atoms with van der Waals surface area (Å²) in [5, 5.41) is 0.533. The highest BCUT2D eigenvalue weighted by molar-refractivity contribution is 6.30. The summed E-state index contributed by atoms with van der Waals surface area (Å²) in [5.41, 5.74) is 9.05. The SMILES string of the molecule is Cc1cc(C2(c3cccc(-c4cncc(Cl)c4)c3)COCC(N)=N2)ccc1OC(F)F. The van der Waals surface area contributed by atoms with E-state index < -0.39 is 12.2 Å². The second-order valence-corrected chi connectivity index (χ2v) is 7.72. The van der Waals surface area contributed by atoms with Crippen LogP contribution in [-0.4, -0.2) is 30.6 Å². The maximum Gasteiger partial charge on any atom is 0.387 e. The number of aromatic nitrogens is 1. The summed E-state index contributed by atoms with van der Waals surface area (Å²) in [6.45, 7) is -0.710. The maximum atomic E-state index is 12.7. The van der Waals surface area contributed by atoms with Gasteiger partial charge in [-0.15, -0.1) is 0 Å². The third-order valence-corrected chi connectivity index (χ3v) is 5.35. The monoisotopic (exact) mass is 443 g/mol. The van der Waals surface area contributed by atoms with Gasteiger partial charge in [0.2, 0.25) is 0 Å². The molecule has 8 heteroatoms. The van der Waals surface area contributed by atoms with Crippen molar-refractivity contribution < 1.29 is 18.3 Å². The van der Waals surface area contributed by atoms with Crippen molar-refractivity contribution in [3.63, 3.8) is 0 Å². The van der Waals surface area contributed by atoms with Gasteiger partial charge in [-0.3, -0.25) is 9.98 Å². The van der Waals surface area contributed by atoms with E-state index in [1.807, 2.05) is 30.3 Å². The molecule has 2 heterocycles. The van der Waals surface area contributed by atoms with Crippen LogP contribution in [0.5, 0.6) is 5.75 Å². The Morgan fingerprint density at radius 1 is 1.10 bits per heavy atom. The number of pyridine rings is 1. The molecular weight excluding hydrogens is 424 g/mol. The van der Waals surface area contributed by atoms with Crippen LogP contribution in [0, 0.1) is 6.92 Å². The molecule has 0 spiro atoms. The molecule has 4 rings (SSSR count). The third-order valence-electron chi connectivity index (χ3n) is 5.14. The predicted molar refractivity (Wildman–Crippen MR) is 116 cm³/mol. The summed E-state index contributed by atoms with van der Waals surface area (Å²) in [6, 6.07) is 14.6. The normalized spacial score (nSPS) is 18.7. The molecule has 0 fully saturated rings. The lowest BCUT2D eigenvalue weighted by Crippen LogP contribution is -2.40. The van der Waals surface area contributed by atoms with Crippen LogP contribution in [0.2, 0.25) is 5.02 Å². The van der Waals surface area contributed by atoms with Gasteiger partial charge in [0, 0.05) is 18.0 Å². The number of nitrogens with two attached hydrogens (primary N) is 1. The molecule has 1 atom stereocenters. The van der Waals surface area contributed by atoms with Gasteiger partial charge in [0.25, 0.3) is 0 Å². The Labute approximate surface area is 183 Å². The van der Waals surface area contributed by atoms with Crippen molar-refractivity contribution in [2.75, 3.05) is 13.2 Å². The molecule has 0 aliphatic carbocycles. The second kappa shape index (κ2) is 8.61. The van der Waals surface area contributed by atoms with E-state index in [1.165, 1.54) is 6.07 Å². The number of rotatable bonds is 5. The summed E-state index contributed by atoms with van der Waals surface area (Å²) in [7, 11) is 0. The fraction of sp³-hybridized carbons (Fsp3) is 0.217. The Balaban J connectivity index is 1.84. The summed E-state index contributed by atoms with van der Waals surface area (Å²) in [6.07, 6.45) is 3.30. The van der Waals surface area contributed by atoms with Crippen LogP contribution in [0.1, 0.15) is 16.7 Å². The number of amidine groups is 1. The van der Waals surface area contributed by atoms with Crippen molar-refractivity contribution in [3.05, 3.63) is 82.6 Å². The summed E-state index contributed by atoms with van der Waals surface area (Å²) < 4.78 is 35.7. The highest BCUT2D eigenvalue weighted by Crippen LogP contribution is 2.39. The first-order valence-corrected chi connectivity index (χ1v) is 9.94. The lowest BCUT2D eigenvalue weighted by atomic mass is 9.81. The third kappa shape index (κ3) is 4.38. The minimum absolute atomic E-state index is 0.112. The zero-order valence-electron chi connectivity index (χ0n) is 16.7. The average molecular weight is 444 g/mol. The Bertz CT molecular complexity index is 1140. The number of benzene rings is 2. The zero-order chi connectivity index (χ0) is 22.0. The Morgan fingerprint density at radius 2 is 1.90 bits per heavy atom. The number of nitrogens with zero attached hydrogens (tertiary/aromatic N) is 2. The number of halogens is 3. The Hall–Kier alpha value is -3.03. The molecule has 5 nitrogen and oxygen atoms in total. The molecule has 0 saturated carbocycles. The first-order chi connectivity index (χ1) is 14.9. The van der Waals surface area contributed by atoms with Crippen molar-refractivity contribution in [1.82, 2.24) is 4.98 Å². The smallest absolute Gasteiger partial charge is 0.387 e. The van der Waals surface area contributed by atoms with Crippen LogP contribution in [0.4, 0.5) is 8.78 Å². The highest BCUT2D eigenvalue weighted by Gasteiger charge is 2.38. The number of hydrogen-bond acceptors (Lipinski definition) is 5. The molecule has 1 aromatic heterocycles. The van der Waals surface area contributed by atoms with Gasteiger partial charge < -0.3 is 15.2 Å². The molecule has 31 heavy (non-hydrogen) atoms. The van der Waals surface area contributed by atoms with E-state index in [9.17, 15) is 8.78 Å². The number of hydrogen-bond donors (Lipinski definition) is 1. The average Bonchev–Trinajstić information content (AvgIpc) is 2.75. The molecule has 1 aliphatic rings. The van der Waals surface area contributed by atoms with Crippen LogP contribution >= 0.6 is 11.6 Å². The van der Waals surface area contributed by atoms with E-state index in [0.29, 0.717) is 16.4 Å². The second-order valence-electron chi connectivity index (χ2n) is 7.29. The molecular formula is C23H20ClF2N3O2. The molecule has 0 amide bonds. The quantitative estimate of drug-likeness (QED) is 0.606. The summed E-state index contributed by atoms with van der Waals surface area (Å²) in [5.74, 6) is 0.466. The van der Waals surface area contributed by atoms with Gasteiger partial charge in [-0.05, 0) is 53.4 Å². The van der Waals surface area contributed by atoms with E-state index in [4.69, 9.17) is 27.1 Å². The van der Waals surface area contributed by atoms with Gasteiger partial charge in [0.05, 0.1) is 11.6 Å². The fourth-order valence-electron chi connectivity index (χ4n) is 3.74. The number of aryl methyl sites for hydroxylation is 1. The topological polar surface area (TPSA) is 69.7 Å². The van der Waals surface area contributed by atoms with Crippen molar-refractivity contribution in [2.45, 2.75) is 19.1 Å². The van der Waals surface area contributed by atoms with Gasteiger partial charge in [-0.1, -0.05) is 35.9 Å². The zero-order valence-corrected chi connectivity index (χ0v) is 17.4. The van der Waals surface area contributed by atoms with Gasteiger partial charge in [0.1, 0.15) is 23.7 Å². The highest BCUT2D eigenvalue weighted by atomic mass is 35.5. The summed E-state index contributed by atoms with van der Waals surface area (Å²) >= 11 is 6.11. The maximum absolute atomic E-state index is 12.7. The van der Waals surface area contributed by atoms with E-state index in [2.05, 4.69) is 9.72 Å². The lowest BCUT2D eigenvalue weighted by Gasteiger charge is -2.35. The van der Waals surface area contributed by atoms with Gasteiger partial charge in [-0.25, -0.2) is 0 Å². The molecule has 2 N–H and O–H groups in total. The van der Waals surface area contributed by atoms with E-state index >= 15 is 0 Å². The minimum Gasteiger partial charge on any atom is -0.435 e. The van der Waals surface area contributed by atoms with Gasteiger partial charge in [0.15, 0.2) is 0 Å². The molecule has 1 unspecified atom stereocenters. The first-order valence-electron chi connectivity index (χ1n) is 9.57. The molecule has 2 aromatic carbocycles. The van der Waals surface area contributed by atoms with Gasteiger partial charge in [-0.2, -0.15) is 8.78 Å². The van der Waals surface area contributed by atoms with Crippen LogP contribution in [0.25, 0.3) is 11.1 Å². The first kappa shape index (κ1) is 21.2.